The molecule has 20 heavy (non-hydrogen) atoms. The normalized spacial score (nSPS) is 10.2. The highest BCUT2D eigenvalue weighted by molar-refractivity contribution is 6.02. The molecule has 1 aromatic carbocycles. The SMILES string of the molecule is O=C(Nc1ccc(-c2ccncc2)cc1)c1cn[nH]n1. The molecule has 6 heteroatoms. The maximum atomic E-state index is 11.8. The fourth-order valence-corrected chi connectivity index (χ4v) is 1.80. The van der Waals surface area contributed by atoms with Crippen LogP contribution in [0.1, 0.15) is 10.5 Å². The van der Waals surface area contributed by atoms with Crippen molar-refractivity contribution in [3.63, 3.8) is 0 Å². The van der Waals surface area contributed by atoms with Gasteiger partial charge in [0.05, 0.1) is 6.20 Å². The molecule has 0 aliphatic heterocycles. The molecule has 0 saturated heterocycles. The zero-order valence-corrected chi connectivity index (χ0v) is 10.4. The van der Waals surface area contributed by atoms with Crippen LogP contribution in [-0.2, 0) is 0 Å². The van der Waals surface area contributed by atoms with Crippen molar-refractivity contribution in [2.45, 2.75) is 0 Å². The molecule has 0 aliphatic rings. The van der Waals surface area contributed by atoms with E-state index >= 15 is 0 Å². The number of hydrogen-bond donors (Lipinski definition) is 2. The van der Waals surface area contributed by atoms with Gasteiger partial charge in [-0.05, 0) is 35.4 Å². The molecule has 0 bridgehead atoms. The average Bonchev–Trinajstić information content (AvgIpc) is 3.03. The molecule has 0 unspecified atom stereocenters. The zero-order chi connectivity index (χ0) is 13.8. The molecule has 0 atom stereocenters. The van der Waals surface area contributed by atoms with Crippen molar-refractivity contribution in [1.29, 1.82) is 0 Å². The summed E-state index contributed by atoms with van der Waals surface area (Å²) in [5.74, 6) is -0.296. The molecule has 0 spiro atoms. The van der Waals surface area contributed by atoms with E-state index in [-0.39, 0.29) is 11.6 Å². The highest BCUT2D eigenvalue weighted by atomic mass is 16.2. The first-order valence-electron chi connectivity index (χ1n) is 6.00. The summed E-state index contributed by atoms with van der Waals surface area (Å²) in [6.07, 6.45) is 4.87. The summed E-state index contributed by atoms with van der Waals surface area (Å²) in [5, 5.41) is 12.5. The maximum absolute atomic E-state index is 11.8. The van der Waals surface area contributed by atoms with Crippen molar-refractivity contribution in [3.05, 3.63) is 60.7 Å². The van der Waals surface area contributed by atoms with Crippen LogP contribution in [0.15, 0.2) is 55.0 Å². The first-order valence-corrected chi connectivity index (χ1v) is 6.00. The van der Waals surface area contributed by atoms with Gasteiger partial charge in [0.1, 0.15) is 0 Å². The monoisotopic (exact) mass is 265 g/mol. The number of carbonyl (C=O) groups is 1. The topological polar surface area (TPSA) is 83.6 Å². The predicted molar refractivity (Wildman–Crippen MR) is 74.0 cm³/mol. The minimum Gasteiger partial charge on any atom is -0.321 e. The Bertz CT molecular complexity index is 692. The second kappa shape index (κ2) is 5.31. The minimum absolute atomic E-state index is 0.253. The van der Waals surface area contributed by atoms with E-state index in [2.05, 4.69) is 25.7 Å². The lowest BCUT2D eigenvalue weighted by molar-refractivity contribution is 0.102. The number of nitrogens with zero attached hydrogens (tertiary/aromatic N) is 3. The van der Waals surface area contributed by atoms with E-state index in [0.29, 0.717) is 5.69 Å². The number of benzene rings is 1. The fraction of sp³-hybridized carbons (Fsp3) is 0. The van der Waals surface area contributed by atoms with Crippen LogP contribution in [0, 0.1) is 0 Å². The first-order chi connectivity index (χ1) is 9.83. The molecule has 1 amide bonds. The van der Waals surface area contributed by atoms with Crippen LogP contribution in [0.3, 0.4) is 0 Å². The van der Waals surface area contributed by atoms with Crippen molar-refractivity contribution in [3.8, 4) is 11.1 Å². The summed E-state index contributed by atoms with van der Waals surface area (Å²) in [7, 11) is 0. The molecular weight excluding hydrogens is 254 g/mol. The van der Waals surface area contributed by atoms with Crippen LogP contribution >= 0.6 is 0 Å². The van der Waals surface area contributed by atoms with Crippen molar-refractivity contribution in [2.75, 3.05) is 5.32 Å². The van der Waals surface area contributed by atoms with E-state index in [0.717, 1.165) is 11.1 Å². The molecule has 3 aromatic rings. The fourth-order valence-electron chi connectivity index (χ4n) is 1.80. The Balaban J connectivity index is 1.75. The van der Waals surface area contributed by atoms with Gasteiger partial charge < -0.3 is 5.32 Å². The third kappa shape index (κ3) is 2.54. The van der Waals surface area contributed by atoms with Gasteiger partial charge in [-0.15, -0.1) is 0 Å². The number of pyridine rings is 1. The second-order valence-corrected chi connectivity index (χ2v) is 4.12. The second-order valence-electron chi connectivity index (χ2n) is 4.12. The van der Waals surface area contributed by atoms with Gasteiger partial charge in [0.25, 0.3) is 5.91 Å². The largest absolute Gasteiger partial charge is 0.321 e. The third-order valence-corrected chi connectivity index (χ3v) is 2.80. The molecule has 2 aromatic heterocycles. The summed E-state index contributed by atoms with van der Waals surface area (Å²) < 4.78 is 0. The quantitative estimate of drug-likeness (QED) is 0.759. The molecule has 0 saturated carbocycles. The van der Waals surface area contributed by atoms with E-state index in [9.17, 15) is 4.79 Å². The van der Waals surface area contributed by atoms with Gasteiger partial charge in [-0.25, -0.2) is 0 Å². The number of carbonyl (C=O) groups excluding carboxylic acids is 1. The molecule has 0 radical (unpaired) electrons. The predicted octanol–water partition coefficient (Wildman–Crippen LogP) is 2.12. The number of nitrogens with one attached hydrogen (secondary N) is 2. The molecule has 2 heterocycles. The zero-order valence-electron chi connectivity index (χ0n) is 10.4. The van der Waals surface area contributed by atoms with E-state index in [1.807, 2.05) is 36.4 Å². The Hall–Kier alpha value is -3.02. The van der Waals surface area contributed by atoms with Gasteiger partial charge >= 0.3 is 0 Å². The van der Waals surface area contributed by atoms with E-state index in [4.69, 9.17) is 0 Å². The third-order valence-electron chi connectivity index (χ3n) is 2.80. The average molecular weight is 265 g/mol. The molecular formula is C14H11N5O. The van der Waals surface area contributed by atoms with Crippen LogP contribution in [0.25, 0.3) is 11.1 Å². The van der Waals surface area contributed by atoms with Gasteiger partial charge in [0.15, 0.2) is 5.69 Å². The van der Waals surface area contributed by atoms with Crippen LogP contribution in [-0.4, -0.2) is 26.3 Å². The first kappa shape index (κ1) is 12.0. The maximum Gasteiger partial charge on any atom is 0.277 e. The lowest BCUT2D eigenvalue weighted by Crippen LogP contribution is -2.12. The van der Waals surface area contributed by atoms with E-state index in [1.165, 1.54) is 6.20 Å². The smallest absolute Gasteiger partial charge is 0.277 e. The Labute approximate surface area is 114 Å². The number of anilines is 1. The van der Waals surface area contributed by atoms with Crippen LogP contribution in [0.5, 0.6) is 0 Å². The van der Waals surface area contributed by atoms with Crippen molar-refractivity contribution < 1.29 is 4.79 Å². The lowest BCUT2D eigenvalue weighted by atomic mass is 10.1. The lowest BCUT2D eigenvalue weighted by Gasteiger charge is -2.05. The van der Waals surface area contributed by atoms with E-state index < -0.39 is 0 Å². The molecule has 2 N–H and O–H groups in total. The standard InChI is InChI=1S/C14H11N5O/c20-14(13-9-16-19-18-13)17-12-3-1-10(2-4-12)11-5-7-15-8-6-11/h1-9H,(H,17,20)(H,16,18,19). The Morgan fingerprint density at radius 2 is 1.70 bits per heavy atom. The Kier molecular flexibility index (Phi) is 3.20. The summed E-state index contributed by atoms with van der Waals surface area (Å²) in [6, 6.07) is 11.4. The van der Waals surface area contributed by atoms with Crippen molar-refractivity contribution in [1.82, 2.24) is 20.4 Å². The van der Waals surface area contributed by atoms with E-state index in [1.54, 1.807) is 12.4 Å². The van der Waals surface area contributed by atoms with Gasteiger partial charge in [-0.3, -0.25) is 9.78 Å². The number of aromatic nitrogens is 4. The Morgan fingerprint density at radius 1 is 1.00 bits per heavy atom. The van der Waals surface area contributed by atoms with Gasteiger partial charge in [0.2, 0.25) is 0 Å². The highest BCUT2D eigenvalue weighted by Gasteiger charge is 2.08. The molecule has 98 valence electrons. The summed E-state index contributed by atoms with van der Waals surface area (Å²) in [6.45, 7) is 0. The summed E-state index contributed by atoms with van der Waals surface area (Å²) >= 11 is 0. The van der Waals surface area contributed by atoms with Crippen molar-refractivity contribution in [2.24, 2.45) is 0 Å². The molecule has 0 aliphatic carbocycles. The molecule has 3 rings (SSSR count). The minimum atomic E-state index is -0.296. The number of H-pyrrole nitrogens is 1. The van der Waals surface area contributed by atoms with Gasteiger partial charge in [-0.1, -0.05) is 12.1 Å². The van der Waals surface area contributed by atoms with Crippen LogP contribution in [0.2, 0.25) is 0 Å². The summed E-state index contributed by atoms with van der Waals surface area (Å²) in [5.41, 5.74) is 3.10. The van der Waals surface area contributed by atoms with Crippen molar-refractivity contribution >= 4 is 11.6 Å². The molecule has 6 nitrogen and oxygen atoms in total. The van der Waals surface area contributed by atoms with Crippen LogP contribution < -0.4 is 5.32 Å². The Morgan fingerprint density at radius 3 is 2.35 bits per heavy atom. The molecule has 0 fully saturated rings. The van der Waals surface area contributed by atoms with Gasteiger partial charge in [0, 0.05) is 18.1 Å². The number of hydrogen-bond acceptors (Lipinski definition) is 4. The van der Waals surface area contributed by atoms with Crippen LogP contribution in [0.4, 0.5) is 5.69 Å². The number of amides is 1. The van der Waals surface area contributed by atoms with Gasteiger partial charge in [-0.2, -0.15) is 15.4 Å². The number of aromatic amines is 1. The number of rotatable bonds is 3. The highest BCUT2D eigenvalue weighted by Crippen LogP contribution is 2.20. The summed E-state index contributed by atoms with van der Waals surface area (Å²) in [4.78, 5) is 15.8.